The highest BCUT2D eigenvalue weighted by Crippen LogP contribution is 2.21. The first-order valence-electron chi connectivity index (χ1n) is 4.94. The number of hydrogen-bond donors (Lipinski definition) is 0. The Morgan fingerprint density at radius 3 is 2.73 bits per heavy atom. The fourth-order valence-corrected chi connectivity index (χ4v) is 1.60. The van der Waals surface area contributed by atoms with Crippen molar-refractivity contribution >= 4 is 0 Å². The van der Waals surface area contributed by atoms with Gasteiger partial charge in [0.15, 0.2) is 0 Å². The molecule has 0 N–H and O–H groups in total. The zero-order valence-electron chi connectivity index (χ0n) is 7.81. The summed E-state index contributed by atoms with van der Waals surface area (Å²) >= 11 is 0. The zero-order chi connectivity index (χ0) is 8.10. The number of ether oxygens (including phenoxy) is 1. The third-order valence-corrected chi connectivity index (χ3v) is 2.48. The Labute approximate surface area is 70.1 Å². The molecule has 0 saturated carbocycles. The Morgan fingerprint density at radius 2 is 2.18 bits per heavy atom. The minimum atomic E-state index is 0.589. The molecule has 1 fully saturated rings. The van der Waals surface area contributed by atoms with Gasteiger partial charge in [-0.1, -0.05) is 26.7 Å². The first kappa shape index (κ1) is 9.05. The highest BCUT2D eigenvalue weighted by Gasteiger charge is 2.17. The second kappa shape index (κ2) is 4.76. The van der Waals surface area contributed by atoms with Crippen LogP contribution < -0.4 is 0 Å². The van der Waals surface area contributed by atoms with E-state index in [2.05, 4.69) is 13.8 Å². The molecule has 2 unspecified atom stereocenters. The quantitative estimate of drug-likeness (QED) is 0.610. The van der Waals surface area contributed by atoms with E-state index in [-0.39, 0.29) is 0 Å². The third kappa shape index (κ3) is 3.24. The van der Waals surface area contributed by atoms with Crippen molar-refractivity contribution in [3.63, 3.8) is 0 Å². The van der Waals surface area contributed by atoms with Gasteiger partial charge in [-0.3, -0.25) is 0 Å². The van der Waals surface area contributed by atoms with E-state index >= 15 is 0 Å². The SMILES string of the molecule is CCCCC1CCC(C)CO1. The van der Waals surface area contributed by atoms with Crippen molar-refractivity contribution < 1.29 is 4.74 Å². The molecule has 0 aliphatic carbocycles. The molecule has 0 spiro atoms. The van der Waals surface area contributed by atoms with Crippen LogP contribution in [-0.4, -0.2) is 12.7 Å². The van der Waals surface area contributed by atoms with Crippen LogP contribution in [0.5, 0.6) is 0 Å². The van der Waals surface area contributed by atoms with E-state index in [9.17, 15) is 0 Å². The number of hydrogen-bond acceptors (Lipinski definition) is 1. The van der Waals surface area contributed by atoms with Crippen molar-refractivity contribution in [3.8, 4) is 0 Å². The van der Waals surface area contributed by atoms with E-state index < -0.39 is 0 Å². The number of rotatable bonds is 3. The fraction of sp³-hybridized carbons (Fsp3) is 1.00. The lowest BCUT2D eigenvalue weighted by molar-refractivity contribution is -0.0159. The molecule has 11 heavy (non-hydrogen) atoms. The molecule has 1 heteroatoms. The average molecular weight is 156 g/mol. The second-order valence-electron chi connectivity index (χ2n) is 3.78. The van der Waals surface area contributed by atoms with Crippen molar-refractivity contribution in [1.29, 1.82) is 0 Å². The van der Waals surface area contributed by atoms with Gasteiger partial charge < -0.3 is 4.74 Å². The minimum absolute atomic E-state index is 0.589. The first-order chi connectivity index (χ1) is 5.33. The van der Waals surface area contributed by atoms with Gasteiger partial charge >= 0.3 is 0 Å². The maximum absolute atomic E-state index is 5.69. The van der Waals surface area contributed by atoms with Gasteiger partial charge in [0.2, 0.25) is 0 Å². The van der Waals surface area contributed by atoms with Gasteiger partial charge in [-0.15, -0.1) is 0 Å². The van der Waals surface area contributed by atoms with E-state index in [4.69, 9.17) is 4.74 Å². The van der Waals surface area contributed by atoms with Gasteiger partial charge in [-0.25, -0.2) is 0 Å². The molecule has 0 bridgehead atoms. The molecule has 0 radical (unpaired) electrons. The van der Waals surface area contributed by atoms with Crippen molar-refractivity contribution in [2.75, 3.05) is 6.61 Å². The molecule has 0 amide bonds. The van der Waals surface area contributed by atoms with Gasteiger partial charge in [0, 0.05) is 6.61 Å². The summed E-state index contributed by atoms with van der Waals surface area (Å²) in [5.74, 6) is 0.799. The van der Waals surface area contributed by atoms with Gasteiger partial charge in [0.25, 0.3) is 0 Å². The smallest absolute Gasteiger partial charge is 0.0575 e. The Morgan fingerprint density at radius 1 is 1.36 bits per heavy atom. The van der Waals surface area contributed by atoms with Gasteiger partial charge in [0.1, 0.15) is 0 Å². The van der Waals surface area contributed by atoms with Gasteiger partial charge in [-0.05, 0) is 25.2 Å². The van der Waals surface area contributed by atoms with Crippen molar-refractivity contribution in [2.24, 2.45) is 5.92 Å². The highest BCUT2D eigenvalue weighted by molar-refractivity contribution is 4.67. The second-order valence-corrected chi connectivity index (χ2v) is 3.78. The first-order valence-corrected chi connectivity index (χ1v) is 4.94. The molecule has 1 rings (SSSR count). The Balaban J connectivity index is 2.07. The zero-order valence-corrected chi connectivity index (χ0v) is 7.81. The normalized spacial score (nSPS) is 32.2. The summed E-state index contributed by atoms with van der Waals surface area (Å²) in [5.41, 5.74) is 0. The molecular weight excluding hydrogens is 136 g/mol. The monoisotopic (exact) mass is 156 g/mol. The van der Waals surface area contributed by atoms with Crippen molar-refractivity contribution in [1.82, 2.24) is 0 Å². The highest BCUT2D eigenvalue weighted by atomic mass is 16.5. The van der Waals surface area contributed by atoms with Crippen LogP contribution in [0, 0.1) is 5.92 Å². The molecule has 2 atom stereocenters. The lowest BCUT2D eigenvalue weighted by atomic mass is 9.97. The largest absolute Gasteiger partial charge is 0.378 e. The van der Waals surface area contributed by atoms with Crippen LogP contribution in [0.1, 0.15) is 46.0 Å². The molecule has 0 aromatic heterocycles. The molecule has 1 heterocycles. The van der Waals surface area contributed by atoms with Crippen molar-refractivity contribution in [3.05, 3.63) is 0 Å². The third-order valence-electron chi connectivity index (χ3n) is 2.48. The summed E-state index contributed by atoms with van der Waals surface area (Å²) in [6, 6.07) is 0. The van der Waals surface area contributed by atoms with E-state index in [0.717, 1.165) is 12.5 Å². The van der Waals surface area contributed by atoms with Crippen LogP contribution in [-0.2, 0) is 4.74 Å². The summed E-state index contributed by atoms with van der Waals surface area (Å²) in [4.78, 5) is 0. The van der Waals surface area contributed by atoms with Crippen LogP contribution in [0.2, 0.25) is 0 Å². The summed E-state index contributed by atoms with van der Waals surface area (Å²) in [6.07, 6.45) is 7.17. The van der Waals surface area contributed by atoms with Crippen LogP contribution in [0.3, 0.4) is 0 Å². The molecule has 1 aliphatic rings. The van der Waals surface area contributed by atoms with Crippen LogP contribution in [0.4, 0.5) is 0 Å². The van der Waals surface area contributed by atoms with E-state index in [1.54, 1.807) is 0 Å². The van der Waals surface area contributed by atoms with E-state index in [1.807, 2.05) is 0 Å². The Bertz CT molecular complexity index is 90.3. The Kier molecular flexibility index (Phi) is 3.92. The van der Waals surface area contributed by atoms with E-state index in [1.165, 1.54) is 32.1 Å². The molecule has 1 aliphatic heterocycles. The van der Waals surface area contributed by atoms with E-state index in [0.29, 0.717) is 6.10 Å². The standard InChI is InChI=1S/C10H20O/c1-3-4-5-10-7-6-9(2)8-11-10/h9-10H,3-8H2,1-2H3. The maximum atomic E-state index is 5.69. The molecular formula is C10H20O. The minimum Gasteiger partial charge on any atom is -0.378 e. The lowest BCUT2D eigenvalue weighted by Crippen LogP contribution is -2.24. The topological polar surface area (TPSA) is 9.23 Å². The van der Waals surface area contributed by atoms with Crippen LogP contribution in [0.15, 0.2) is 0 Å². The fourth-order valence-electron chi connectivity index (χ4n) is 1.60. The summed E-state index contributed by atoms with van der Waals surface area (Å²) < 4.78 is 5.69. The molecule has 1 nitrogen and oxygen atoms in total. The van der Waals surface area contributed by atoms with Crippen LogP contribution in [0.25, 0.3) is 0 Å². The average Bonchev–Trinajstić information content (AvgIpc) is 2.04. The van der Waals surface area contributed by atoms with Crippen LogP contribution >= 0.6 is 0 Å². The number of unbranched alkanes of at least 4 members (excludes halogenated alkanes) is 1. The molecule has 0 aromatic rings. The lowest BCUT2D eigenvalue weighted by Gasteiger charge is -2.26. The molecule has 1 saturated heterocycles. The maximum Gasteiger partial charge on any atom is 0.0575 e. The molecule has 66 valence electrons. The van der Waals surface area contributed by atoms with Crippen molar-refractivity contribution in [2.45, 2.75) is 52.1 Å². The molecule has 0 aromatic carbocycles. The van der Waals surface area contributed by atoms with Gasteiger partial charge in [0.05, 0.1) is 6.10 Å². The Hall–Kier alpha value is -0.0400. The summed E-state index contributed by atoms with van der Waals surface area (Å²) in [5, 5.41) is 0. The predicted molar refractivity (Wildman–Crippen MR) is 47.7 cm³/mol. The van der Waals surface area contributed by atoms with Gasteiger partial charge in [-0.2, -0.15) is 0 Å². The predicted octanol–water partition coefficient (Wildman–Crippen LogP) is 2.99. The summed E-state index contributed by atoms with van der Waals surface area (Å²) in [6.45, 7) is 5.51. The summed E-state index contributed by atoms with van der Waals surface area (Å²) in [7, 11) is 0.